The van der Waals surface area contributed by atoms with Crippen molar-refractivity contribution < 1.29 is 20.1 Å². The summed E-state index contributed by atoms with van der Waals surface area (Å²) in [7, 11) is 2.26. The van der Waals surface area contributed by atoms with Crippen LogP contribution >= 0.6 is 0 Å². The van der Waals surface area contributed by atoms with Gasteiger partial charge in [-0.15, -0.1) is 21.6 Å². The molecule has 1 nitrogen and oxygen atoms in total. The quantitative estimate of drug-likeness (QED) is 0.450. The van der Waals surface area contributed by atoms with Crippen molar-refractivity contribution in [3.8, 4) is 11.1 Å². The Bertz CT molecular complexity index is 858. The Morgan fingerprint density at radius 1 is 0.962 bits per heavy atom. The summed E-state index contributed by atoms with van der Waals surface area (Å²) in [5.41, 5.74) is 7.75. The van der Waals surface area contributed by atoms with E-state index in [9.17, 15) is 0 Å². The molecule has 26 heavy (non-hydrogen) atoms. The van der Waals surface area contributed by atoms with Crippen LogP contribution in [0.4, 0.5) is 0 Å². The first-order chi connectivity index (χ1) is 11.9. The van der Waals surface area contributed by atoms with Crippen LogP contribution in [0.25, 0.3) is 11.1 Å². The van der Waals surface area contributed by atoms with Gasteiger partial charge in [-0.3, -0.25) is 0 Å². The number of piperidine rings is 2. The summed E-state index contributed by atoms with van der Waals surface area (Å²) in [5, 5.41) is 0. The second kappa shape index (κ2) is 5.71. The van der Waals surface area contributed by atoms with E-state index < -0.39 is 0 Å². The Morgan fingerprint density at radius 2 is 1.65 bits per heavy atom. The van der Waals surface area contributed by atoms with E-state index in [2.05, 4.69) is 81.7 Å². The Balaban J connectivity index is 0.00000168. The Labute approximate surface area is 171 Å². The van der Waals surface area contributed by atoms with E-state index in [0.29, 0.717) is 5.54 Å². The molecule has 6 rings (SSSR count). The largest absolute Gasteiger partial charge is 0.175 e. The van der Waals surface area contributed by atoms with E-state index in [-0.39, 0.29) is 30.9 Å². The fourth-order valence-corrected chi connectivity index (χ4v) is 5.51. The van der Waals surface area contributed by atoms with Gasteiger partial charge in [0.15, 0.2) is 6.54 Å². The molecule has 2 aliphatic heterocycles. The summed E-state index contributed by atoms with van der Waals surface area (Å²) in [6.45, 7) is 9.61. The summed E-state index contributed by atoms with van der Waals surface area (Å²) in [6.07, 6.45) is 5.09. The molecule has 2 aliphatic carbocycles. The molecule has 1 saturated carbocycles. The number of benzene rings is 2. The number of nitrogens with zero attached hydrogens (tertiary/aromatic N) is 1. The van der Waals surface area contributed by atoms with Crippen LogP contribution in [-0.4, -0.2) is 17.5 Å². The van der Waals surface area contributed by atoms with E-state index in [0.717, 1.165) is 0 Å². The van der Waals surface area contributed by atoms with Gasteiger partial charge in [0.25, 0.3) is 0 Å². The smallest absolute Gasteiger partial charge is 0.167 e. The maximum Gasteiger partial charge on any atom is 0.167 e. The molecule has 2 bridgehead atoms. The zero-order valence-corrected chi connectivity index (χ0v) is 18.5. The number of rotatable bonds is 1. The number of hydrogen-bond acceptors (Lipinski definition) is 1. The van der Waals surface area contributed by atoms with Crippen LogP contribution in [0.5, 0.6) is 0 Å². The topological polar surface area (TPSA) is 3.24 Å². The minimum absolute atomic E-state index is 0. The maximum absolute atomic E-state index is 3.72. The summed E-state index contributed by atoms with van der Waals surface area (Å²) < 4.78 is 0. The van der Waals surface area contributed by atoms with E-state index in [1.165, 1.54) is 53.5 Å². The van der Waals surface area contributed by atoms with Crippen molar-refractivity contribution in [1.82, 2.24) is 4.90 Å². The summed E-state index contributed by atoms with van der Waals surface area (Å²) in [5.74, 6) is 0. The molecule has 0 amide bonds. The fourth-order valence-electron chi connectivity index (χ4n) is 5.51. The number of fused-ring (bicyclic) bond motifs is 6. The van der Waals surface area contributed by atoms with Crippen LogP contribution in [0.1, 0.15) is 63.1 Å². The van der Waals surface area contributed by atoms with Crippen LogP contribution in [-0.2, 0) is 30.9 Å². The van der Waals surface area contributed by atoms with Crippen LogP contribution in [0.15, 0.2) is 36.4 Å². The number of hydrogen-bond donors (Lipinski definition) is 0. The van der Waals surface area contributed by atoms with Gasteiger partial charge in [0.1, 0.15) is 5.41 Å². The second-order valence-corrected chi connectivity index (χ2v) is 9.24. The minimum Gasteiger partial charge on any atom is -0.175 e. The first-order valence-corrected chi connectivity index (χ1v) is 9.61. The van der Waals surface area contributed by atoms with Crippen molar-refractivity contribution in [1.29, 1.82) is 0 Å². The normalized spacial score (nSPS) is 30.9. The zero-order chi connectivity index (χ0) is 17.4. The van der Waals surface area contributed by atoms with Gasteiger partial charge in [-0.05, 0) is 49.1 Å². The van der Waals surface area contributed by atoms with Crippen molar-refractivity contribution in [2.24, 2.45) is 0 Å². The van der Waals surface area contributed by atoms with Crippen LogP contribution in [0.2, 0.25) is 0 Å². The molecule has 0 spiro atoms. The van der Waals surface area contributed by atoms with Crippen molar-refractivity contribution in [3.05, 3.63) is 65.7 Å². The third-order valence-electron chi connectivity index (χ3n) is 7.56. The molecule has 0 aromatic heterocycles. The molecule has 2 heterocycles. The van der Waals surface area contributed by atoms with E-state index in [1.807, 2.05) is 0 Å². The van der Waals surface area contributed by atoms with Gasteiger partial charge >= 0.3 is 0 Å². The van der Waals surface area contributed by atoms with Gasteiger partial charge in [0, 0.05) is 27.2 Å². The molecule has 2 aromatic rings. The van der Waals surface area contributed by atoms with Gasteiger partial charge in [-0.1, -0.05) is 38.1 Å². The van der Waals surface area contributed by atoms with Crippen LogP contribution in [0.3, 0.4) is 0 Å². The molecule has 0 N–H and O–H groups in total. The van der Waals surface area contributed by atoms with Gasteiger partial charge < -0.3 is 0 Å². The molecular weight excluding hydrogens is 494 g/mol. The molecule has 2 saturated heterocycles. The van der Waals surface area contributed by atoms with Gasteiger partial charge in [-0.25, -0.2) is 0 Å². The SMILES string of the molecule is CN1[CH+]C2(c3[c-]cc4c(c3)-c3ccccc3C4(C)C)CCC1(C)CC2.[Ir]. The van der Waals surface area contributed by atoms with Crippen molar-refractivity contribution in [2.45, 2.75) is 62.8 Å². The Kier molecular flexibility index (Phi) is 4.02. The fraction of sp³-hybridized carbons (Fsp3) is 0.458. The molecular formula is C24H27IrN. The van der Waals surface area contributed by atoms with Gasteiger partial charge in [0.05, 0.1) is 5.54 Å². The standard InChI is InChI=1S/C24H27N.Ir/c1-22(2)20-8-6-5-7-18(20)19-15-17(9-10-21(19)22)24-13-11-23(3,12-14-24)25(4)16-24;/h5-8,10,15-16H,11-14H2,1-4H3;. The summed E-state index contributed by atoms with van der Waals surface area (Å²) in [4.78, 5) is 2.49. The van der Waals surface area contributed by atoms with E-state index in [1.54, 1.807) is 0 Å². The average molecular weight is 522 g/mol. The van der Waals surface area contributed by atoms with E-state index in [4.69, 9.17) is 0 Å². The van der Waals surface area contributed by atoms with Crippen LogP contribution < -0.4 is 0 Å². The molecule has 0 atom stereocenters. The van der Waals surface area contributed by atoms with Gasteiger partial charge in [0.2, 0.25) is 0 Å². The summed E-state index contributed by atoms with van der Waals surface area (Å²) >= 11 is 0. The second-order valence-electron chi connectivity index (χ2n) is 9.24. The molecule has 137 valence electrons. The predicted molar refractivity (Wildman–Crippen MR) is 103 cm³/mol. The third-order valence-corrected chi connectivity index (χ3v) is 7.56. The third kappa shape index (κ3) is 2.25. The molecule has 0 unspecified atom stereocenters. The first-order valence-electron chi connectivity index (χ1n) is 9.61. The average Bonchev–Trinajstić information content (AvgIpc) is 2.85. The zero-order valence-electron chi connectivity index (χ0n) is 16.2. The molecule has 4 aliphatic rings. The monoisotopic (exact) mass is 522 g/mol. The molecule has 1 radical (unpaired) electrons. The first kappa shape index (κ1) is 18.3. The molecule has 2 heteroatoms. The van der Waals surface area contributed by atoms with Gasteiger partial charge in [-0.2, -0.15) is 18.2 Å². The van der Waals surface area contributed by atoms with Crippen molar-refractivity contribution >= 4 is 0 Å². The Hall–Kier alpha value is -1.08. The number of likely N-dealkylation sites (N-methyl/N-ethyl adjacent to an activating group) is 1. The minimum atomic E-state index is 0. The van der Waals surface area contributed by atoms with Crippen LogP contribution in [0, 0.1) is 12.6 Å². The maximum atomic E-state index is 3.72. The predicted octanol–water partition coefficient (Wildman–Crippen LogP) is 5.47. The van der Waals surface area contributed by atoms with Crippen molar-refractivity contribution in [2.75, 3.05) is 7.05 Å². The molecule has 3 fully saturated rings. The molecule has 2 aromatic carbocycles. The van der Waals surface area contributed by atoms with Crippen molar-refractivity contribution in [3.63, 3.8) is 0 Å². The summed E-state index contributed by atoms with van der Waals surface area (Å²) in [6, 6.07) is 17.4. The van der Waals surface area contributed by atoms with E-state index >= 15 is 0 Å². The Morgan fingerprint density at radius 3 is 2.35 bits per heavy atom.